The Bertz CT molecular complexity index is 821. The Hall–Kier alpha value is -2.89. The molecule has 5 nitrogen and oxygen atoms in total. The fourth-order valence-electron chi connectivity index (χ4n) is 3.01. The molecule has 1 atom stereocenters. The van der Waals surface area contributed by atoms with Crippen molar-refractivity contribution in [3.05, 3.63) is 59.4 Å². The number of benzene rings is 2. The second-order valence-corrected chi connectivity index (χ2v) is 5.87. The van der Waals surface area contributed by atoms with E-state index < -0.39 is 18.4 Å². The zero-order chi connectivity index (χ0) is 18.0. The molecule has 0 saturated heterocycles. The Morgan fingerprint density at radius 2 is 2.00 bits per heavy atom. The summed E-state index contributed by atoms with van der Waals surface area (Å²) < 4.78 is 23.8. The Balaban J connectivity index is 1.67. The number of carbonyl (C=O) groups is 2. The zero-order valence-electron chi connectivity index (χ0n) is 14.0. The first kappa shape index (κ1) is 17.0. The van der Waals surface area contributed by atoms with E-state index in [9.17, 15) is 14.0 Å². The average molecular weight is 343 g/mol. The number of ether oxygens (including phenoxy) is 2. The van der Waals surface area contributed by atoms with E-state index in [0.29, 0.717) is 5.75 Å². The normalized spacial score (nSPS) is 15.6. The minimum Gasteiger partial charge on any atom is -0.497 e. The first-order valence-corrected chi connectivity index (χ1v) is 7.92. The van der Waals surface area contributed by atoms with E-state index in [-0.39, 0.29) is 17.5 Å². The van der Waals surface area contributed by atoms with Gasteiger partial charge in [0.2, 0.25) is 0 Å². The number of esters is 1. The number of fused-ring (bicyclic) bond motifs is 1. The third-order valence-electron chi connectivity index (χ3n) is 4.20. The molecule has 6 heteroatoms. The topological polar surface area (TPSA) is 55.8 Å². The average Bonchev–Trinajstić information content (AvgIpc) is 2.95. The van der Waals surface area contributed by atoms with Crippen LogP contribution in [0.2, 0.25) is 0 Å². The van der Waals surface area contributed by atoms with Crippen molar-refractivity contribution in [1.29, 1.82) is 0 Å². The van der Waals surface area contributed by atoms with Crippen LogP contribution >= 0.6 is 0 Å². The highest BCUT2D eigenvalue weighted by atomic mass is 19.1. The number of nitrogens with zero attached hydrogens (tertiary/aromatic N) is 1. The molecule has 2 aromatic rings. The molecular formula is C19H18FNO4. The Labute approximate surface area is 145 Å². The van der Waals surface area contributed by atoms with E-state index in [4.69, 9.17) is 9.47 Å². The van der Waals surface area contributed by atoms with Gasteiger partial charge in [0.05, 0.1) is 12.7 Å². The van der Waals surface area contributed by atoms with Gasteiger partial charge in [-0.1, -0.05) is 18.2 Å². The zero-order valence-corrected chi connectivity index (χ0v) is 14.0. The molecule has 25 heavy (non-hydrogen) atoms. The van der Waals surface area contributed by atoms with Crippen LogP contribution in [0, 0.1) is 5.82 Å². The molecule has 0 unspecified atom stereocenters. The first-order chi connectivity index (χ1) is 12.0. The van der Waals surface area contributed by atoms with Crippen LogP contribution < -0.4 is 9.64 Å². The fourth-order valence-corrected chi connectivity index (χ4v) is 3.01. The summed E-state index contributed by atoms with van der Waals surface area (Å²) in [5.74, 6) is -1.67. The Morgan fingerprint density at radius 3 is 2.72 bits per heavy atom. The molecule has 0 fully saturated rings. The van der Waals surface area contributed by atoms with Gasteiger partial charge in [0.1, 0.15) is 11.6 Å². The third kappa shape index (κ3) is 3.33. The summed E-state index contributed by atoms with van der Waals surface area (Å²) >= 11 is 0. The summed E-state index contributed by atoms with van der Waals surface area (Å²) in [4.78, 5) is 26.1. The number of hydrogen-bond acceptors (Lipinski definition) is 4. The fraction of sp³-hybridized carbons (Fsp3) is 0.263. The second-order valence-electron chi connectivity index (χ2n) is 5.87. The molecule has 1 aliphatic heterocycles. The predicted octanol–water partition coefficient (Wildman–Crippen LogP) is 2.97. The van der Waals surface area contributed by atoms with Gasteiger partial charge in [-0.15, -0.1) is 0 Å². The molecule has 0 saturated carbocycles. The van der Waals surface area contributed by atoms with Gasteiger partial charge in [-0.25, -0.2) is 9.18 Å². The number of hydrogen-bond donors (Lipinski definition) is 0. The molecule has 1 heterocycles. The standard InChI is InChI=1S/C19H18FNO4/c1-12-9-13-5-3-4-6-17(13)21(12)18(22)11-25-19(23)15-8-7-14(24-2)10-16(15)20/h3-8,10,12H,9,11H2,1-2H3/t12-/m0/s1. The molecule has 1 aliphatic rings. The Kier molecular flexibility index (Phi) is 4.70. The van der Waals surface area contributed by atoms with E-state index in [0.717, 1.165) is 23.7 Å². The maximum atomic E-state index is 13.9. The number of rotatable bonds is 4. The molecule has 0 bridgehead atoms. The lowest BCUT2D eigenvalue weighted by molar-refractivity contribution is -0.122. The van der Waals surface area contributed by atoms with Gasteiger partial charge < -0.3 is 14.4 Å². The molecule has 0 radical (unpaired) electrons. The van der Waals surface area contributed by atoms with Crippen LogP contribution in [0.1, 0.15) is 22.8 Å². The largest absolute Gasteiger partial charge is 0.497 e. The predicted molar refractivity (Wildman–Crippen MR) is 90.3 cm³/mol. The van der Waals surface area contributed by atoms with Crippen molar-refractivity contribution < 1.29 is 23.5 Å². The molecule has 3 rings (SSSR count). The first-order valence-electron chi connectivity index (χ1n) is 7.92. The van der Waals surface area contributed by atoms with Crippen molar-refractivity contribution >= 4 is 17.6 Å². The molecule has 0 aromatic heterocycles. The van der Waals surface area contributed by atoms with Gasteiger partial charge in [-0.05, 0) is 37.1 Å². The van der Waals surface area contributed by atoms with Gasteiger partial charge in [-0.3, -0.25) is 4.79 Å². The number of methoxy groups -OCH3 is 1. The molecular weight excluding hydrogens is 325 g/mol. The lowest BCUT2D eigenvalue weighted by Gasteiger charge is -2.22. The maximum absolute atomic E-state index is 13.9. The summed E-state index contributed by atoms with van der Waals surface area (Å²) in [5, 5.41) is 0. The maximum Gasteiger partial charge on any atom is 0.341 e. The minimum atomic E-state index is -0.881. The quantitative estimate of drug-likeness (QED) is 0.801. The van der Waals surface area contributed by atoms with Crippen LogP contribution in [-0.4, -0.2) is 31.6 Å². The van der Waals surface area contributed by atoms with Crippen molar-refractivity contribution in [2.24, 2.45) is 0 Å². The molecule has 0 N–H and O–H groups in total. The highest BCUT2D eigenvalue weighted by Crippen LogP contribution is 2.31. The van der Waals surface area contributed by atoms with Crippen LogP contribution in [0.4, 0.5) is 10.1 Å². The van der Waals surface area contributed by atoms with Crippen molar-refractivity contribution in [3.8, 4) is 5.75 Å². The number of carbonyl (C=O) groups excluding carboxylic acids is 2. The van der Waals surface area contributed by atoms with E-state index in [1.165, 1.54) is 19.2 Å². The SMILES string of the molecule is COc1ccc(C(=O)OCC(=O)N2c3ccccc3C[C@@H]2C)c(F)c1. The van der Waals surface area contributed by atoms with Crippen molar-refractivity contribution in [2.45, 2.75) is 19.4 Å². The van der Waals surface area contributed by atoms with Crippen LogP contribution in [0.3, 0.4) is 0 Å². The summed E-state index contributed by atoms with van der Waals surface area (Å²) in [7, 11) is 1.40. The molecule has 1 amide bonds. The van der Waals surface area contributed by atoms with Gasteiger partial charge in [0, 0.05) is 17.8 Å². The number of anilines is 1. The van der Waals surface area contributed by atoms with E-state index in [1.807, 2.05) is 31.2 Å². The van der Waals surface area contributed by atoms with Gasteiger partial charge >= 0.3 is 5.97 Å². The highest BCUT2D eigenvalue weighted by molar-refractivity contribution is 5.99. The molecule has 2 aromatic carbocycles. The second kappa shape index (κ2) is 6.93. The van der Waals surface area contributed by atoms with Gasteiger partial charge in [0.25, 0.3) is 5.91 Å². The van der Waals surface area contributed by atoms with Crippen LogP contribution in [-0.2, 0) is 16.0 Å². The van der Waals surface area contributed by atoms with Gasteiger partial charge in [-0.2, -0.15) is 0 Å². The van der Waals surface area contributed by atoms with E-state index in [2.05, 4.69) is 0 Å². The molecule has 0 aliphatic carbocycles. The summed E-state index contributed by atoms with van der Waals surface area (Å²) in [6.45, 7) is 1.49. The van der Waals surface area contributed by atoms with Crippen molar-refractivity contribution in [2.75, 3.05) is 18.6 Å². The highest BCUT2D eigenvalue weighted by Gasteiger charge is 2.31. The summed E-state index contributed by atoms with van der Waals surface area (Å²) in [6.07, 6.45) is 0.753. The van der Waals surface area contributed by atoms with E-state index in [1.54, 1.807) is 4.90 Å². The minimum absolute atomic E-state index is 0.0127. The van der Waals surface area contributed by atoms with Crippen LogP contribution in [0.5, 0.6) is 5.75 Å². The summed E-state index contributed by atoms with van der Waals surface area (Å²) in [5.41, 5.74) is 1.67. The smallest absolute Gasteiger partial charge is 0.341 e. The lowest BCUT2D eigenvalue weighted by Crippen LogP contribution is -2.38. The third-order valence-corrected chi connectivity index (χ3v) is 4.20. The van der Waals surface area contributed by atoms with Gasteiger partial charge in [0.15, 0.2) is 6.61 Å². The number of amides is 1. The lowest BCUT2D eigenvalue weighted by atomic mass is 10.1. The molecule has 0 spiro atoms. The van der Waals surface area contributed by atoms with Crippen molar-refractivity contribution in [3.63, 3.8) is 0 Å². The monoisotopic (exact) mass is 343 g/mol. The summed E-state index contributed by atoms with van der Waals surface area (Å²) in [6, 6.07) is 11.4. The number of para-hydroxylation sites is 1. The molecule has 130 valence electrons. The van der Waals surface area contributed by atoms with Crippen LogP contribution in [0.25, 0.3) is 0 Å². The van der Waals surface area contributed by atoms with Crippen molar-refractivity contribution in [1.82, 2.24) is 0 Å². The Morgan fingerprint density at radius 1 is 1.24 bits per heavy atom. The number of halogens is 1. The van der Waals surface area contributed by atoms with Crippen LogP contribution in [0.15, 0.2) is 42.5 Å². The van der Waals surface area contributed by atoms with E-state index >= 15 is 0 Å².